The molecule has 0 spiro atoms. The van der Waals surface area contributed by atoms with Crippen molar-refractivity contribution in [2.24, 2.45) is 5.92 Å². The quantitative estimate of drug-likeness (QED) is 0.680. The van der Waals surface area contributed by atoms with Crippen LogP contribution in [0, 0.1) is 5.92 Å². The normalized spacial score (nSPS) is 12.6. The maximum Gasteiger partial charge on any atom is 0.131 e. The first kappa shape index (κ1) is 12.7. The molecule has 1 unspecified atom stereocenters. The fraction of sp³-hybridized carbons (Fsp3) is 0.636. The third kappa shape index (κ3) is 3.66. The van der Waals surface area contributed by atoms with Crippen LogP contribution in [-0.2, 0) is 0 Å². The van der Waals surface area contributed by atoms with Crippen molar-refractivity contribution in [1.82, 2.24) is 9.97 Å². The number of hydrogen-bond donors (Lipinski definition) is 3. The summed E-state index contributed by atoms with van der Waals surface area (Å²) in [6.07, 6.45) is 1.51. The van der Waals surface area contributed by atoms with Gasteiger partial charge in [0.15, 0.2) is 0 Å². The number of nitrogens with zero attached hydrogens (tertiary/aromatic N) is 2. The van der Waals surface area contributed by atoms with E-state index in [0.717, 1.165) is 18.2 Å². The Morgan fingerprint density at radius 1 is 1.31 bits per heavy atom. The average Bonchev–Trinajstić information content (AvgIpc) is 2.26. The average molecular weight is 224 g/mol. The van der Waals surface area contributed by atoms with Crippen molar-refractivity contribution in [2.75, 3.05) is 23.8 Å². The van der Waals surface area contributed by atoms with Gasteiger partial charge in [0.25, 0.3) is 0 Å². The molecule has 0 fully saturated rings. The standard InChI is InChI=1S/C11H20N4O/c1-4-12-10-5-11(14-7-13-10)15-9(6-16)8(2)3/h5,7-9,16H,4,6H2,1-3H3,(H2,12,13,14,15). The van der Waals surface area contributed by atoms with Crippen molar-refractivity contribution >= 4 is 11.6 Å². The summed E-state index contributed by atoms with van der Waals surface area (Å²) in [4.78, 5) is 8.20. The predicted octanol–water partition coefficient (Wildman–Crippen LogP) is 1.34. The van der Waals surface area contributed by atoms with Gasteiger partial charge in [-0.2, -0.15) is 0 Å². The molecule has 0 aliphatic heterocycles. The zero-order valence-corrected chi connectivity index (χ0v) is 10.1. The first-order valence-electron chi connectivity index (χ1n) is 5.60. The number of rotatable bonds is 6. The molecule has 5 heteroatoms. The van der Waals surface area contributed by atoms with Crippen LogP contribution in [0.2, 0.25) is 0 Å². The van der Waals surface area contributed by atoms with Crippen molar-refractivity contribution < 1.29 is 5.11 Å². The van der Waals surface area contributed by atoms with Gasteiger partial charge in [0.05, 0.1) is 12.6 Å². The van der Waals surface area contributed by atoms with Gasteiger partial charge in [-0.25, -0.2) is 9.97 Å². The molecule has 0 bridgehead atoms. The van der Waals surface area contributed by atoms with Crippen molar-refractivity contribution in [3.05, 3.63) is 12.4 Å². The number of hydrogen-bond acceptors (Lipinski definition) is 5. The fourth-order valence-electron chi connectivity index (χ4n) is 1.33. The summed E-state index contributed by atoms with van der Waals surface area (Å²) < 4.78 is 0. The number of anilines is 2. The third-order valence-corrected chi connectivity index (χ3v) is 2.36. The Balaban J connectivity index is 2.68. The van der Waals surface area contributed by atoms with E-state index in [4.69, 9.17) is 0 Å². The number of aliphatic hydroxyl groups is 1. The molecule has 1 rings (SSSR count). The molecule has 5 nitrogen and oxygen atoms in total. The Labute approximate surface area is 96.3 Å². The summed E-state index contributed by atoms with van der Waals surface area (Å²) in [5, 5.41) is 15.5. The third-order valence-electron chi connectivity index (χ3n) is 2.36. The van der Waals surface area contributed by atoms with Crippen molar-refractivity contribution in [2.45, 2.75) is 26.8 Å². The van der Waals surface area contributed by atoms with Crippen LogP contribution in [0.4, 0.5) is 11.6 Å². The lowest BCUT2D eigenvalue weighted by atomic mass is 10.1. The molecular weight excluding hydrogens is 204 g/mol. The molecule has 0 aliphatic carbocycles. The maximum atomic E-state index is 9.21. The monoisotopic (exact) mass is 224 g/mol. The van der Waals surface area contributed by atoms with Crippen LogP contribution in [0.15, 0.2) is 12.4 Å². The van der Waals surface area contributed by atoms with E-state index in [2.05, 4.69) is 34.4 Å². The van der Waals surface area contributed by atoms with Gasteiger partial charge in [-0.1, -0.05) is 13.8 Å². The minimum atomic E-state index is 0.0179. The van der Waals surface area contributed by atoms with Gasteiger partial charge in [0.2, 0.25) is 0 Å². The van der Waals surface area contributed by atoms with E-state index in [0.29, 0.717) is 5.92 Å². The molecule has 0 saturated carbocycles. The Hall–Kier alpha value is -1.36. The van der Waals surface area contributed by atoms with Crippen LogP contribution >= 0.6 is 0 Å². The van der Waals surface area contributed by atoms with Gasteiger partial charge in [-0.05, 0) is 12.8 Å². The minimum Gasteiger partial charge on any atom is -0.394 e. The number of aliphatic hydroxyl groups excluding tert-OH is 1. The predicted molar refractivity (Wildman–Crippen MR) is 65.5 cm³/mol. The summed E-state index contributed by atoms with van der Waals surface area (Å²) in [7, 11) is 0. The number of nitrogens with one attached hydrogen (secondary N) is 2. The zero-order valence-electron chi connectivity index (χ0n) is 10.1. The van der Waals surface area contributed by atoms with Crippen LogP contribution in [0.1, 0.15) is 20.8 Å². The van der Waals surface area contributed by atoms with E-state index >= 15 is 0 Å². The largest absolute Gasteiger partial charge is 0.394 e. The molecule has 0 aromatic carbocycles. The highest BCUT2D eigenvalue weighted by molar-refractivity contribution is 5.46. The summed E-state index contributed by atoms with van der Waals surface area (Å²) in [5.41, 5.74) is 0. The van der Waals surface area contributed by atoms with Crippen LogP contribution in [0.25, 0.3) is 0 Å². The lowest BCUT2D eigenvalue weighted by Crippen LogP contribution is -2.29. The van der Waals surface area contributed by atoms with Crippen LogP contribution in [0.3, 0.4) is 0 Å². The van der Waals surface area contributed by atoms with Gasteiger partial charge in [0.1, 0.15) is 18.0 Å². The van der Waals surface area contributed by atoms with E-state index in [1.54, 1.807) is 0 Å². The Bertz CT molecular complexity index is 317. The smallest absolute Gasteiger partial charge is 0.131 e. The molecule has 1 aromatic rings. The molecule has 90 valence electrons. The fourth-order valence-corrected chi connectivity index (χ4v) is 1.33. The maximum absolute atomic E-state index is 9.21. The summed E-state index contributed by atoms with van der Waals surface area (Å²) in [6, 6.07) is 1.86. The Morgan fingerprint density at radius 2 is 2.00 bits per heavy atom. The van der Waals surface area contributed by atoms with Crippen LogP contribution in [-0.4, -0.2) is 34.3 Å². The molecule has 0 aliphatic rings. The van der Waals surface area contributed by atoms with Crippen molar-refractivity contribution in [3.8, 4) is 0 Å². The highest BCUT2D eigenvalue weighted by Crippen LogP contribution is 2.12. The molecule has 0 amide bonds. The van der Waals surface area contributed by atoms with Gasteiger partial charge in [0, 0.05) is 12.6 Å². The van der Waals surface area contributed by atoms with E-state index in [1.807, 2.05) is 13.0 Å². The zero-order chi connectivity index (χ0) is 12.0. The van der Waals surface area contributed by atoms with E-state index in [9.17, 15) is 5.11 Å². The van der Waals surface area contributed by atoms with Gasteiger partial charge in [-0.3, -0.25) is 0 Å². The molecule has 0 radical (unpaired) electrons. The summed E-state index contributed by atoms with van der Waals surface area (Å²) >= 11 is 0. The topological polar surface area (TPSA) is 70.1 Å². The van der Waals surface area contributed by atoms with Crippen molar-refractivity contribution in [1.29, 1.82) is 0 Å². The molecule has 1 atom stereocenters. The first-order chi connectivity index (χ1) is 7.67. The molecule has 3 N–H and O–H groups in total. The SMILES string of the molecule is CCNc1cc(NC(CO)C(C)C)ncn1. The second kappa shape index (κ2) is 6.27. The number of aromatic nitrogens is 2. The van der Waals surface area contributed by atoms with E-state index < -0.39 is 0 Å². The lowest BCUT2D eigenvalue weighted by molar-refractivity contribution is 0.249. The van der Waals surface area contributed by atoms with E-state index in [1.165, 1.54) is 6.33 Å². The highest BCUT2D eigenvalue weighted by atomic mass is 16.3. The molecule has 0 saturated heterocycles. The summed E-state index contributed by atoms with van der Waals surface area (Å²) in [6.45, 7) is 7.04. The molecule has 16 heavy (non-hydrogen) atoms. The van der Waals surface area contributed by atoms with Gasteiger partial charge in [-0.15, -0.1) is 0 Å². The van der Waals surface area contributed by atoms with Gasteiger partial charge < -0.3 is 15.7 Å². The van der Waals surface area contributed by atoms with Gasteiger partial charge >= 0.3 is 0 Å². The summed E-state index contributed by atoms with van der Waals surface area (Å²) in [5.74, 6) is 1.88. The van der Waals surface area contributed by atoms with Crippen LogP contribution in [0.5, 0.6) is 0 Å². The molecular formula is C11H20N4O. The van der Waals surface area contributed by atoms with E-state index in [-0.39, 0.29) is 12.6 Å². The van der Waals surface area contributed by atoms with Crippen molar-refractivity contribution in [3.63, 3.8) is 0 Å². The Kier molecular flexibility index (Phi) is 4.98. The first-order valence-corrected chi connectivity index (χ1v) is 5.60. The minimum absolute atomic E-state index is 0.0179. The second-order valence-corrected chi connectivity index (χ2v) is 4.00. The van der Waals surface area contributed by atoms with Crippen LogP contribution < -0.4 is 10.6 Å². The highest BCUT2D eigenvalue weighted by Gasteiger charge is 2.12. The molecule has 1 aromatic heterocycles. The Morgan fingerprint density at radius 3 is 2.56 bits per heavy atom. The molecule has 1 heterocycles. The lowest BCUT2D eigenvalue weighted by Gasteiger charge is -2.20. The second-order valence-electron chi connectivity index (χ2n) is 4.00.